The predicted molar refractivity (Wildman–Crippen MR) is 87.7 cm³/mol. The van der Waals surface area contributed by atoms with Crippen molar-refractivity contribution in [3.8, 4) is 5.75 Å². The molecule has 1 N–H and O–H groups in total. The molecule has 0 saturated heterocycles. The van der Waals surface area contributed by atoms with Crippen molar-refractivity contribution in [2.75, 3.05) is 13.7 Å². The molecule has 1 aliphatic carbocycles. The molecule has 2 rings (SSSR count). The molecule has 0 bridgehead atoms. The van der Waals surface area contributed by atoms with E-state index >= 15 is 0 Å². The van der Waals surface area contributed by atoms with Crippen LogP contribution < -0.4 is 10.1 Å². The molecule has 0 amide bonds. The van der Waals surface area contributed by atoms with Gasteiger partial charge < -0.3 is 10.1 Å². The van der Waals surface area contributed by atoms with Crippen LogP contribution in [0.2, 0.25) is 0 Å². The molecule has 0 heterocycles. The van der Waals surface area contributed by atoms with Crippen LogP contribution in [0.3, 0.4) is 0 Å². The highest BCUT2D eigenvalue weighted by molar-refractivity contribution is 9.11. The summed E-state index contributed by atoms with van der Waals surface area (Å²) in [5.41, 5.74) is 2.51. The van der Waals surface area contributed by atoms with Crippen LogP contribution in [0.25, 0.3) is 6.08 Å². The van der Waals surface area contributed by atoms with Crippen LogP contribution in [-0.2, 0) is 0 Å². The molecule has 1 fully saturated rings. The highest BCUT2D eigenvalue weighted by Crippen LogP contribution is 2.34. The predicted octanol–water partition coefficient (Wildman–Crippen LogP) is 4.77. The number of methoxy groups -OCH3 is 1. The topological polar surface area (TPSA) is 21.3 Å². The summed E-state index contributed by atoms with van der Waals surface area (Å²) < 4.78 is 7.51. The second-order valence-electron chi connectivity index (χ2n) is 4.82. The molecule has 1 saturated carbocycles. The molecule has 1 aromatic rings. The lowest BCUT2D eigenvalue weighted by Gasteiger charge is -2.11. The lowest BCUT2D eigenvalue weighted by atomic mass is 10.1. The fraction of sp³-hybridized carbons (Fsp3) is 0.467. The summed E-state index contributed by atoms with van der Waals surface area (Å²) in [6.07, 6.45) is 5.92. The third-order valence-electron chi connectivity index (χ3n) is 3.25. The van der Waals surface area contributed by atoms with Crippen LogP contribution in [0.4, 0.5) is 0 Å². The quantitative estimate of drug-likeness (QED) is 0.757. The molecule has 1 aliphatic rings. The molecule has 0 radical (unpaired) electrons. The molecule has 0 atom stereocenters. The van der Waals surface area contributed by atoms with Crippen molar-refractivity contribution in [1.29, 1.82) is 0 Å². The summed E-state index contributed by atoms with van der Waals surface area (Å²) in [4.78, 5) is 0. The van der Waals surface area contributed by atoms with E-state index < -0.39 is 0 Å². The Morgan fingerprint density at radius 1 is 1.42 bits per heavy atom. The zero-order chi connectivity index (χ0) is 13.8. The van der Waals surface area contributed by atoms with Crippen molar-refractivity contribution >= 4 is 37.9 Å². The summed E-state index contributed by atoms with van der Waals surface area (Å²) in [5, 5.41) is 3.56. The maximum atomic E-state index is 5.48. The SMILES string of the molecule is CCC(=Cc1cc(Br)cc(Br)c1OC)CNC1CC1. The number of ether oxygens (including phenoxy) is 1. The van der Waals surface area contributed by atoms with Crippen LogP contribution in [0.5, 0.6) is 5.75 Å². The summed E-state index contributed by atoms with van der Waals surface area (Å²) >= 11 is 7.07. The molecule has 19 heavy (non-hydrogen) atoms. The van der Waals surface area contributed by atoms with Crippen molar-refractivity contribution in [2.24, 2.45) is 0 Å². The zero-order valence-corrected chi connectivity index (χ0v) is 14.5. The van der Waals surface area contributed by atoms with Crippen molar-refractivity contribution in [3.63, 3.8) is 0 Å². The number of benzene rings is 1. The van der Waals surface area contributed by atoms with E-state index in [4.69, 9.17) is 4.74 Å². The molecule has 2 nitrogen and oxygen atoms in total. The Morgan fingerprint density at radius 3 is 2.74 bits per heavy atom. The summed E-state index contributed by atoms with van der Waals surface area (Å²) in [6.45, 7) is 3.16. The van der Waals surface area contributed by atoms with Crippen LogP contribution in [0.1, 0.15) is 31.7 Å². The summed E-state index contributed by atoms with van der Waals surface area (Å²) in [6, 6.07) is 4.84. The smallest absolute Gasteiger partial charge is 0.140 e. The maximum Gasteiger partial charge on any atom is 0.140 e. The first-order valence-electron chi connectivity index (χ1n) is 6.60. The van der Waals surface area contributed by atoms with Gasteiger partial charge in [-0.3, -0.25) is 0 Å². The van der Waals surface area contributed by atoms with Crippen molar-refractivity contribution in [3.05, 3.63) is 32.2 Å². The first-order valence-corrected chi connectivity index (χ1v) is 8.18. The van der Waals surface area contributed by atoms with Crippen molar-refractivity contribution in [2.45, 2.75) is 32.2 Å². The highest BCUT2D eigenvalue weighted by Gasteiger charge is 2.20. The minimum atomic E-state index is 0.742. The number of halogens is 2. The van der Waals surface area contributed by atoms with E-state index in [1.54, 1.807) is 7.11 Å². The standard InChI is InChI=1S/C15H19Br2NO/c1-3-10(9-18-13-4-5-13)6-11-7-12(16)8-14(17)15(11)19-2/h6-8,13,18H,3-5,9H2,1-2H3. The van der Waals surface area contributed by atoms with E-state index in [1.165, 1.54) is 18.4 Å². The van der Waals surface area contributed by atoms with Crippen LogP contribution >= 0.6 is 31.9 Å². The van der Waals surface area contributed by atoms with E-state index in [2.05, 4.69) is 56.2 Å². The van der Waals surface area contributed by atoms with Gasteiger partial charge in [-0.1, -0.05) is 34.5 Å². The minimum absolute atomic E-state index is 0.742. The molecule has 0 aromatic heterocycles. The van der Waals surface area contributed by atoms with E-state index in [0.717, 1.165) is 39.3 Å². The van der Waals surface area contributed by atoms with Gasteiger partial charge in [0.1, 0.15) is 5.75 Å². The Morgan fingerprint density at radius 2 is 2.16 bits per heavy atom. The minimum Gasteiger partial charge on any atom is -0.495 e. The molecular formula is C15H19Br2NO. The van der Waals surface area contributed by atoms with Gasteiger partial charge in [0.05, 0.1) is 11.6 Å². The Bertz CT molecular complexity index is 481. The average molecular weight is 389 g/mol. The Balaban J connectivity index is 2.22. The first kappa shape index (κ1) is 15.1. The Kier molecular flexibility index (Phi) is 5.48. The molecule has 0 unspecified atom stereocenters. The van der Waals surface area contributed by atoms with Gasteiger partial charge in [-0.2, -0.15) is 0 Å². The Labute approximate surface area is 131 Å². The zero-order valence-electron chi connectivity index (χ0n) is 11.3. The number of rotatable bonds is 6. The van der Waals surface area contributed by atoms with Gasteiger partial charge in [-0.05, 0) is 47.3 Å². The Hall–Kier alpha value is -0.320. The lowest BCUT2D eigenvalue weighted by Crippen LogP contribution is -2.18. The van der Waals surface area contributed by atoms with Gasteiger partial charge in [-0.15, -0.1) is 0 Å². The van der Waals surface area contributed by atoms with E-state index in [-0.39, 0.29) is 0 Å². The molecular weight excluding hydrogens is 370 g/mol. The number of nitrogens with one attached hydrogen (secondary N) is 1. The molecule has 0 aliphatic heterocycles. The second kappa shape index (κ2) is 6.91. The lowest BCUT2D eigenvalue weighted by molar-refractivity contribution is 0.411. The molecule has 0 spiro atoms. The highest BCUT2D eigenvalue weighted by atomic mass is 79.9. The van der Waals surface area contributed by atoms with Gasteiger partial charge in [0.2, 0.25) is 0 Å². The van der Waals surface area contributed by atoms with Crippen LogP contribution in [0, 0.1) is 0 Å². The second-order valence-corrected chi connectivity index (χ2v) is 6.59. The summed E-state index contributed by atoms with van der Waals surface area (Å²) in [7, 11) is 1.71. The number of hydrogen-bond acceptors (Lipinski definition) is 2. The molecule has 104 valence electrons. The largest absolute Gasteiger partial charge is 0.495 e. The third kappa shape index (κ3) is 4.33. The summed E-state index contributed by atoms with van der Waals surface area (Å²) in [5.74, 6) is 0.889. The monoisotopic (exact) mass is 387 g/mol. The van der Waals surface area contributed by atoms with Gasteiger partial charge in [0.15, 0.2) is 0 Å². The number of hydrogen-bond donors (Lipinski definition) is 1. The fourth-order valence-corrected chi connectivity index (χ4v) is 3.38. The molecule has 1 aromatic carbocycles. The van der Waals surface area contributed by atoms with Gasteiger partial charge in [-0.25, -0.2) is 0 Å². The van der Waals surface area contributed by atoms with Crippen molar-refractivity contribution < 1.29 is 4.74 Å². The maximum absolute atomic E-state index is 5.48. The van der Waals surface area contributed by atoms with E-state index in [1.807, 2.05) is 6.07 Å². The van der Waals surface area contributed by atoms with Gasteiger partial charge in [0, 0.05) is 22.6 Å². The van der Waals surface area contributed by atoms with Crippen LogP contribution in [-0.4, -0.2) is 19.7 Å². The third-order valence-corrected chi connectivity index (χ3v) is 4.30. The van der Waals surface area contributed by atoms with Gasteiger partial charge in [0.25, 0.3) is 0 Å². The fourth-order valence-electron chi connectivity index (χ4n) is 1.96. The van der Waals surface area contributed by atoms with E-state index in [9.17, 15) is 0 Å². The van der Waals surface area contributed by atoms with Gasteiger partial charge >= 0.3 is 0 Å². The van der Waals surface area contributed by atoms with Crippen molar-refractivity contribution in [1.82, 2.24) is 5.32 Å². The average Bonchev–Trinajstić information content (AvgIpc) is 3.17. The van der Waals surface area contributed by atoms with Crippen LogP contribution in [0.15, 0.2) is 26.7 Å². The molecule has 4 heteroatoms. The van der Waals surface area contributed by atoms with E-state index in [0.29, 0.717) is 0 Å². The first-order chi connectivity index (χ1) is 9.13. The normalized spacial score (nSPS) is 15.7.